The zero-order valence-electron chi connectivity index (χ0n) is 15.1. The molecule has 1 aromatic heterocycles. The Morgan fingerprint density at radius 3 is 2.86 bits per heavy atom. The van der Waals surface area contributed by atoms with Crippen molar-refractivity contribution in [2.75, 3.05) is 34.4 Å². The van der Waals surface area contributed by atoms with Gasteiger partial charge in [0.2, 0.25) is 16.9 Å². The van der Waals surface area contributed by atoms with Gasteiger partial charge in [-0.1, -0.05) is 35.2 Å². The molecule has 0 aliphatic carbocycles. The van der Waals surface area contributed by atoms with Crippen molar-refractivity contribution in [2.45, 2.75) is 24.1 Å². The third-order valence-electron chi connectivity index (χ3n) is 3.76. The predicted molar refractivity (Wildman–Crippen MR) is 108 cm³/mol. The van der Waals surface area contributed by atoms with E-state index in [9.17, 15) is 14.4 Å². The monoisotopic (exact) mass is 421 g/mol. The number of amides is 3. The van der Waals surface area contributed by atoms with Crippen LogP contribution in [0.2, 0.25) is 0 Å². The van der Waals surface area contributed by atoms with Gasteiger partial charge in [-0.3, -0.25) is 14.9 Å². The highest BCUT2D eigenvalue weighted by molar-refractivity contribution is 8.01. The molecule has 0 unspecified atom stereocenters. The van der Waals surface area contributed by atoms with Gasteiger partial charge in [0.1, 0.15) is 0 Å². The van der Waals surface area contributed by atoms with E-state index in [4.69, 9.17) is 4.74 Å². The minimum atomic E-state index is -0.596. The number of hydrogen-bond donors (Lipinski definition) is 2. The van der Waals surface area contributed by atoms with Crippen LogP contribution in [0.25, 0.3) is 0 Å². The van der Waals surface area contributed by atoms with Crippen LogP contribution < -0.4 is 15.5 Å². The normalized spacial score (nSPS) is 13.5. The van der Waals surface area contributed by atoms with Gasteiger partial charge in [-0.2, -0.15) is 0 Å². The van der Waals surface area contributed by atoms with Crippen LogP contribution in [0, 0.1) is 0 Å². The lowest BCUT2D eigenvalue weighted by molar-refractivity contribution is -0.117. The van der Waals surface area contributed by atoms with Crippen molar-refractivity contribution in [1.29, 1.82) is 0 Å². The van der Waals surface area contributed by atoms with Gasteiger partial charge in [-0.05, 0) is 25.5 Å². The summed E-state index contributed by atoms with van der Waals surface area (Å²) in [6.07, 6.45) is 0.745. The minimum Gasteiger partial charge on any atom is -0.450 e. The summed E-state index contributed by atoms with van der Waals surface area (Å²) in [5.41, 5.74) is 1.31. The van der Waals surface area contributed by atoms with Gasteiger partial charge in [0.25, 0.3) is 0 Å². The molecule has 1 fully saturated rings. The maximum atomic E-state index is 12.3. The van der Waals surface area contributed by atoms with Crippen molar-refractivity contribution >= 4 is 57.5 Å². The van der Waals surface area contributed by atoms with Crippen molar-refractivity contribution in [1.82, 2.24) is 10.2 Å². The zero-order valence-corrected chi connectivity index (χ0v) is 16.8. The van der Waals surface area contributed by atoms with Crippen molar-refractivity contribution in [3.8, 4) is 0 Å². The lowest BCUT2D eigenvalue weighted by atomic mass is 10.2. The largest absolute Gasteiger partial charge is 0.450 e. The van der Waals surface area contributed by atoms with Crippen molar-refractivity contribution in [2.24, 2.45) is 0 Å². The molecule has 11 heteroatoms. The fraction of sp³-hybridized carbons (Fsp3) is 0.353. The van der Waals surface area contributed by atoms with Crippen LogP contribution in [0.4, 0.5) is 21.3 Å². The first-order valence-corrected chi connectivity index (χ1v) is 10.5. The van der Waals surface area contributed by atoms with Gasteiger partial charge in [0.05, 0.1) is 23.7 Å². The van der Waals surface area contributed by atoms with Crippen LogP contribution in [-0.2, 0) is 14.3 Å². The molecule has 28 heavy (non-hydrogen) atoms. The fourth-order valence-corrected chi connectivity index (χ4v) is 4.14. The number of carbonyl (C=O) groups is 3. The van der Waals surface area contributed by atoms with E-state index in [1.54, 1.807) is 17.9 Å². The summed E-state index contributed by atoms with van der Waals surface area (Å²) in [5, 5.41) is 13.4. The number of benzene rings is 1. The summed E-state index contributed by atoms with van der Waals surface area (Å²) in [6.45, 7) is 2.62. The average Bonchev–Trinajstić information content (AvgIpc) is 3.29. The first-order valence-electron chi connectivity index (χ1n) is 8.66. The zero-order chi connectivity index (χ0) is 19.9. The molecule has 1 aliphatic heterocycles. The molecule has 1 aliphatic rings. The molecule has 2 N–H and O–H groups in total. The minimum absolute atomic E-state index is 0.0616. The van der Waals surface area contributed by atoms with E-state index >= 15 is 0 Å². The lowest BCUT2D eigenvalue weighted by Gasteiger charge is -2.19. The van der Waals surface area contributed by atoms with E-state index in [0.29, 0.717) is 33.8 Å². The topological polar surface area (TPSA) is 114 Å². The van der Waals surface area contributed by atoms with E-state index < -0.39 is 6.09 Å². The number of aromatic nitrogens is 2. The predicted octanol–water partition coefficient (Wildman–Crippen LogP) is 2.96. The van der Waals surface area contributed by atoms with Crippen molar-refractivity contribution in [3.63, 3.8) is 0 Å². The van der Waals surface area contributed by atoms with Gasteiger partial charge >= 0.3 is 6.09 Å². The molecule has 0 atom stereocenters. The van der Waals surface area contributed by atoms with E-state index in [1.807, 2.05) is 18.2 Å². The molecule has 0 spiro atoms. The molecule has 1 aromatic carbocycles. The summed E-state index contributed by atoms with van der Waals surface area (Å²) in [5.74, 6) is -0.0400. The highest BCUT2D eigenvalue weighted by atomic mass is 32.2. The smallest absolute Gasteiger partial charge is 0.413 e. The molecule has 9 nitrogen and oxygen atoms in total. The Morgan fingerprint density at radius 1 is 1.29 bits per heavy atom. The quantitative estimate of drug-likeness (QED) is 0.522. The molecule has 0 bridgehead atoms. The number of nitrogens with zero attached hydrogens (tertiary/aromatic N) is 3. The first kappa shape index (κ1) is 20.1. The Morgan fingerprint density at radius 2 is 2.11 bits per heavy atom. The van der Waals surface area contributed by atoms with Gasteiger partial charge in [-0.25, -0.2) is 4.79 Å². The third kappa shape index (κ3) is 5.20. The molecule has 2 aromatic rings. The van der Waals surface area contributed by atoms with Crippen LogP contribution >= 0.6 is 23.1 Å². The molecule has 0 saturated carbocycles. The Bertz CT molecular complexity index is 873. The molecule has 2 heterocycles. The number of rotatable bonds is 7. The van der Waals surface area contributed by atoms with Crippen LogP contribution in [0.5, 0.6) is 0 Å². The van der Waals surface area contributed by atoms with Gasteiger partial charge in [0, 0.05) is 13.0 Å². The summed E-state index contributed by atoms with van der Waals surface area (Å²) < 4.78 is 5.32. The average molecular weight is 422 g/mol. The van der Waals surface area contributed by atoms with Crippen LogP contribution in [0.3, 0.4) is 0 Å². The Hall–Kier alpha value is -2.66. The van der Waals surface area contributed by atoms with E-state index in [-0.39, 0.29) is 24.2 Å². The van der Waals surface area contributed by atoms with E-state index in [0.717, 1.165) is 17.8 Å². The summed E-state index contributed by atoms with van der Waals surface area (Å²) >= 11 is 2.36. The van der Waals surface area contributed by atoms with Crippen molar-refractivity contribution in [3.05, 3.63) is 24.3 Å². The molecule has 3 amide bonds. The standard InChI is InChI=1S/C17H19N5O4S2/c1-2-26-16(25)19-15-20-21-17(28-15)27-10-13(23)18-11-6-3-4-7-12(11)22-9-5-8-14(22)24/h3-4,6-7H,2,5,8-10H2,1H3,(H,18,23)(H,19,20,25). The number of thioether (sulfide) groups is 1. The number of nitrogens with one attached hydrogen (secondary N) is 2. The van der Waals surface area contributed by atoms with Crippen LogP contribution in [0.1, 0.15) is 19.8 Å². The molecule has 0 radical (unpaired) electrons. The molecule has 3 rings (SSSR count). The summed E-state index contributed by atoms with van der Waals surface area (Å²) in [7, 11) is 0. The second kappa shape index (κ2) is 9.51. The first-order chi connectivity index (χ1) is 13.6. The van der Waals surface area contributed by atoms with E-state index in [1.165, 1.54) is 11.8 Å². The molecular weight excluding hydrogens is 402 g/mol. The summed E-state index contributed by atoms with van der Waals surface area (Å²) in [6, 6.07) is 7.25. The maximum absolute atomic E-state index is 12.3. The van der Waals surface area contributed by atoms with Gasteiger partial charge < -0.3 is 15.0 Å². The Labute approximate surface area is 169 Å². The fourth-order valence-electron chi connectivity index (χ4n) is 2.60. The number of carbonyl (C=O) groups excluding carboxylic acids is 3. The Kier molecular flexibility index (Phi) is 6.82. The Balaban J connectivity index is 1.55. The van der Waals surface area contributed by atoms with E-state index in [2.05, 4.69) is 20.8 Å². The van der Waals surface area contributed by atoms with Crippen LogP contribution in [-0.4, -0.2) is 47.0 Å². The SMILES string of the molecule is CCOC(=O)Nc1nnc(SCC(=O)Nc2ccccc2N2CCCC2=O)s1. The number of hydrogen-bond acceptors (Lipinski definition) is 8. The van der Waals surface area contributed by atoms with Crippen LogP contribution in [0.15, 0.2) is 28.6 Å². The van der Waals surface area contributed by atoms with Gasteiger partial charge in [-0.15, -0.1) is 10.2 Å². The third-order valence-corrected chi connectivity index (χ3v) is 5.73. The van der Waals surface area contributed by atoms with Crippen molar-refractivity contribution < 1.29 is 19.1 Å². The molecular formula is C17H19N5O4S2. The highest BCUT2D eigenvalue weighted by Gasteiger charge is 2.24. The number of para-hydroxylation sites is 2. The second-order valence-electron chi connectivity index (χ2n) is 5.72. The lowest BCUT2D eigenvalue weighted by Crippen LogP contribution is -2.25. The van der Waals surface area contributed by atoms with Gasteiger partial charge in [0.15, 0.2) is 4.34 Å². The number of anilines is 3. The summed E-state index contributed by atoms with van der Waals surface area (Å²) in [4.78, 5) is 37.4. The molecule has 1 saturated heterocycles. The molecule has 148 valence electrons. The number of ether oxygens (including phenoxy) is 1. The maximum Gasteiger partial charge on any atom is 0.413 e. The highest BCUT2D eigenvalue weighted by Crippen LogP contribution is 2.30. The second-order valence-corrected chi connectivity index (χ2v) is 7.92.